The minimum absolute atomic E-state index is 0.101. The topological polar surface area (TPSA) is 87.7 Å². The van der Waals surface area contributed by atoms with Crippen LogP contribution in [0.3, 0.4) is 0 Å². The second-order valence-electron chi connectivity index (χ2n) is 7.46. The Balaban J connectivity index is 1.32. The van der Waals surface area contributed by atoms with Gasteiger partial charge in [-0.3, -0.25) is 14.7 Å². The number of hydrogen-bond acceptors (Lipinski definition) is 6. The zero-order valence-electron chi connectivity index (χ0n) is 16.6. The van der Waals surface area contributed by atoms with Crippen LogP contribution in [-0.2, 0) is 19.5 Å². The highest BCUT2D eigenvalue weighted by Gasteiger charge is 2.22. The van der Waals surface area contributed by atoms with Crippen LogP contribution >= 0.6 is 15.9 Å². The fourth-order valence-corrected chi connectivity index (χ4v) is 4.27. The predicted octanol–water partition coefficient (Wildman–Crippen LogP) is 3.61. The first-order valence-corrected chi connectivity index (χ1v) is 10.8. The average Bonchev–Trinajstić information content (AvgIpc) is 2.81. The summed E-state index contributed by atoms with van der Waals surface area (Å²) in [5, 5.41) is 0. The average molecular weight is 475 g/mol. The molecule has 4 aromatic rings. The van der Waals surface area contributed by atoms with Crippen molar-refractivity contribution < 1.29 is 0 Å². The minimum Gasteiger partial charge on any atom is -0.306 e. The SMILES string of the molecule is O=c1[nH]c(-c2cncnc2)nc2c1CN(Cc1ccc(-c3ccccc3Br)nc1)CC2. The van der Waals surface area contributed by atoms with Gasteiger partial charge in [0.2, 0.25) is 0 Å². The lowest BCUT2D eigenvalue weighted by Gasteiger charge is -2.27. The molecule has 0 radical (unpaired) electrons. The molecule has 4 heterocycles. The molecule has 0 aliphatic carbocycles. The first kappa shape index (κ1) is 19.7. The number of hydrogen-bond donors (Lipinski definition) is 1. The van der Waals surface area contributed by atoms with Gasteiger partial charge in [0.1, 0.15) is 12.2 Å². The molecule has 1 aromatic carbocycles. The van der Waals surface area contributed by atoms with Crippen molar-refractivity contribution in [2.24, 2.45) is 0 Å². The highest BCUT2D eigenvalue weighted by molar-refractivity contribution is 9.10. The lowest BCUT2D eigenvalue weighted by molar-refractivity contribution is 0.241. The van der Waals surface area contributed by atoms with Crippen LogP contribution < -0.4 is 5.56 Å². The maximum Gasteiger partial charge on any atom is 0.255 e. The summed E-state index contributed by atoms with van der Waals surface area (Å²) in [5.41, 5.74) is 5.29. The minimum atomic E-state index is -0.101. The molecule has 0 saturated heterocycles. The monoisotopic (exact) mass is 474 g/mol. The molecule has 0 unspecified atom stereocenters. The largest absolute Gasteiger partial charge is 0.306 e. The number of halogens is 1. The molecular weight excluding hydrogens is 456 g/mol. The maximum atomic E-state index is 12.7. The summed E-state index contributed by atoms with van der Waals surface area (Å²) in [6, 6.07) is 12.2. The second-order valence-corrected chi connectivity index (χ2v) is 8.31. The zero-order valence-corrected chi connectivity index (χ0v) is 18.2. The van der Waals surface area contributed by atoms with Crippen LogP contribution in [0.15, 0.2) is 70.6 Å². The van der Waals surface area contributed by atoms with Crippen LogP contribution in [0.4, 0.5) is 0 Å². The Kier molecular flexibility index (Phi) is 5.40. The molecule has 1 aliphatic heterocycles. The molecule has 0 fully saturated rings. The van der Waals surface area contributed by atoms with Crippen molar-refractivity contribution in [1.29, 1.82) is 0 Å². The van der Waals surface area contributed by atoms with Gasteiger partial charge in [0.25, 0.3) is 5.56 Å². The lowest BCUT2D eigenvalue weighted by atomic mass is 10.1. The number of nitrogens with one attached hydrogen (secondary N) is 1. The van der Waals surface area contributed by atoms with E-state index in [0.717, 1.165) is 52.1 Å². The highest BCUT2D eigenvalue weighted by atomic mass is 79.9. The smallest absolute Gasteiger partial charge is 0.255 e. The van der Waals surface area contributed by atoms with Gasteiger partial charge in [-0.2, -0.15) is 0 Å². The number of aromatic amines is 1. The first-order chi connectivity index (χ1) is 15.2. The van der Waals surface area contributed by atoms with Gasteiger partial charge in [-0.05, 0) is 17.7 Å². The molecule has 8 heteroatoms. The Bertz CT molecular complexity index is 1270. The maximum absolute atomic E-state index is 12.7. The van der Waals surface area contributed by atoms with Crippen molar-refractivity contribution in [3.8, 4) is 22.6 Å². The Morgan fingerprint density at radius 2 is 1.90 bits per heavy atom. The molecule has 0 atom stereocenters. The van der Waals surface area contributed by atoms with E-state index >= 15 is 0 Å². The van der Waals surface area contributed by atoms with E-state index in [1.54, 1.807) is 12.4 Å². The summed E-state index contributed by atoms with van der Waals surface area (Å²) in [4.78, 5) is 35.1. The quantitative estimate of drug-likeness (QED) is 0.485. The molecule has 31 heavy (non-hydrogen) atoms. The van der Waals surface area contributed by atoms with Crippen molar-refractivity contribution in [1.82, 2.24) is 29.8 Å². The third-order valence-electron chi connectivity index (χ3n) is 5.36. The van der Waals surface area contributed by atoms with Gasteiger partial charge < -0.3 is 4.98 Å². The third kappa shape index (κ3) is 4.17. The van der Waals surface area contributed by atoms with Gasteiger partial charge >= 0.3 is 0 Å². The molecule has 3 aromatic heterocycles. The van der Waals surface area contributed by atoms with E-state index in [9.17, 15) is 4.79 Å². The number of nitrogens with zero attached hydrogens (tertiary/aromatic N) is 5. The summed E-state index contributed by atoms with van der Waals surface area (Å²) in [5.74, 6) is 0.518. The van der Waals surface area contributed by atoms with Gasteiger partial charge in [-0.1, -0.05) is 40.2 Å². The second kappa shape index (κ2) is 8.49. The Morgan fingerprint density at radius 1 is 1.06 bits per heavy atom. The molecule has 7 nitrogen and oxygen atoms in total. The number of H-pyrrole nitrogens is 1. The van der Waals surface area contributed by atoms with Gasteiger partial charge in [-0.15, -0.1) is 0 Å². The molecule has 0 bridgehead atoms. The van der Waals surface area contributed by atoms with Crippen LogP contribution in [0.1, 0.15) is 16.8 Å². The van der Waals surface area contributed by atoms with Crippen LogP contribution in [0, 0.1) is 0 Å². The molecule has 1 aliphatic rings. The summed E-state index contributed by atoms with van der Waals surface area (Å²) >= 11 is 3.58. The van der Waals surface area contributed by atoms with Crippen molar-refractivity contribution in [3.63, 3.8) is 0 Å². The Morgan fingerprint density at radius 3 is 2.68 bits per heavy atom. The van der Waals surface area contributed by atoms with E-state index in [1.165, 1.54) is 6.33 Å². The van der Waals surface area contributed by atoms with Gasteiger partial charge in [0.15, 0.2) is 0 Å². The van der Waals surface area contributed by atoms with Gasteiger partial charge in [0.05, 0.1) is 22.5 Å². The summed E-state index contributed by atoms with van der Waals surface area (Å²) in [6.45, 7) is 2.13. The fraction of sp³-hybridized carbons (Fsp3) is 0.174. The third-order valence-corrected chi connectivity index (χ3v) is 6.05. The zero-order chi connectivity index (χ0) is 21.2. The van der Waals surface area contributed by atoms with E-state index in [2.05, 4.69) is 51.8 Å². The number of rotatable bonds is 4. The molecule has 5 rings (SSSR count). The predicted molar refractivity (Wildman–Crippen MR) is 121 cm³/mol. The molecule has 1 N–H and O–H groups in total. The molecule has 0 spiro atoms. The van der Waals surface area contributed by atoms with E-state index in [0.29, 0.717) is 17.9 Å². The fourth-order valence-electron chi connectivity index (χ4n) is 3.78. The lowest BCUT2D eigenvalue weighted by Crippen LogP contribution is -2.35. The van der Waals surface area contributed by atoms with Crippen LogP contribution in [-0.4, -0.2) is 36.4 Å². The number of benzene rings is 1. The van der Waals surface area contributed by atoms with Crippen molar-refractivity contribution in [3.05, 3.63) is 93.0 Å². The number of fused-ring (bicyclic) bond motifs is 1. The Hall–Kier alpha value is -3.23. The van der Waals surface area contributed by atoms with Gasteiger partial charge in [-0.25, -0.2) is 15.0 Å². The van der Waals surface area contributed by atoms with Crippen molar-refractivity contribution in [2.45, 2.75) is 19.5 Å². The van der Waals surface area contributed by atoms with Gasteiger partial charge in [0, 0.05) is 54.7 Å². The standard InChI is InChI=1S/C23H19BrN6O/c24-19-4-2-1-3-17(19)20-6-5-15(9-27-20)12-30-8-7-21-18(13-30)23(31)29-22(28-21)16-10-25-14-26-11-16/h1-6,9-11,14H,7-8,12-13H2,(H,28,29,31). The van der Waals surface area contributed by atoms with Crippen molar-refractivity contribution in [2.75, 3.05) is 6.54 Å². The molecule has 0 saturated carbocycles. The molecule has 154 valence electrons. The summed E-state index contributed by atoms with van der Waals surface area (Å²) < 4.78 is 1.02. The first-order valence-electron chi connectivity index (χ1n) is 9.97. The number of pyridine rings is 1. The number of aromatic nitrogens is 5. The summed E-state index contributed by atoms with van der Waals surface area (Å²) in [6.07, 6.45) is 7.39. The summed E-state index contributed by atoms with van der Waals surface area (Å²) in [7, 11) is 0. The Labute approximate surface area is 187 Å². The van der Waals surface area contributed by atoms with E-state index in [1.807, 2.05) is 36.5 Å². The van der Waals surface area contributed by atoms with E-state index < -0.39 is 0 Å². The van der Waals surface area contributed by atoms with Crippen LogP contribution in [0.5, 0.6) is 0 Å². The van der Waals surface area contributed by atoms with Crippen LogP contribution in [0.25, 0.3) is 22.6 Å². The van der Waals surface area contributed by atoms with Crippen LogP contribution in [0.2, 0.25) is 0 Å². The normalized spacial score (nSPS) is 13.7. The molecular formula is C23H19BrN6O. The highest BCUT2D eigenvalue weighted by Crippen LogP contribution is 2.26. The molecule has 0 amide bonds. The van der Waals surface area contributed by atoms with Crippen molar-refractivity contribution >= 4 is 15.9 Å². The van der Waals surface area contributed by atoms with E-state index in [-0.39, 0.29) is 5.56 Å². The van der Waals surface area contributed by atoms with E-state index in [4.69, 9.17) is 0 Å².